The van der Waals surface area contributed by atoms with Crippen LogP contribution in [0.25, 0.3) is 0 Å². The van der Waals surface area contributed by atoms with Gasteiger partial charge in [-0.15, -0.1) is 0 Å². The molecule has 1 spiro atoms. The van der Waals surface area contributed by atoms with Gasteiger partial charge in [0.05, 0.1) is 21.4 Å². The van der Waals surface area contributed by atoms with Gasteiger partial charge in [-0.2, -0.15) is 13.2 Å². The zero-order chi connectivity index (χ0) is 27.0. The summed E-state index contributed by atoms with van der Waals surface area (Å²) in [6.07, 6.45) is -2.49. The molecule has 3 aliphatic rings. The molecule has 11 heteroatoms. The largest absolute Gasteiger partial charge is 0.456 e. The van der Waals surface area contributed by atoms with Gasteiger partial charge in [-0.1, -0.05) is 12.1 Å². The van der Waals surface area contributed by atoms with Crippen LogP contribution < -0.4 is 0 Å². The second kappa shape index (κ2) is 8.65. The van der Waals surface area contributed by atoms with E-state index in [-0.39, 0.29) is 28.4 Å². The Morgan fingerprint density at radius 2 is 1.65 bits per heavy atom. The number of likely N-dealkylation sites (tertiary alicyclic amines) is 1. The lowest BCUT2D eigenvalue weighted by Gasteiger charge is -2.54. The average Bonchev–Trinajstić information content (AvgIpc) is 3.63. The van der Waals surface area contributed by atoms with Crippen molar-refractivity contribution in [2.45, 2.75) is 79.7 Å². The Bertz CT molecular complexity index is 1310. The Hall–Kier alpha value is -2.21. The number of nitrogens with zero attached hydrogens (tertiary/aromatic N) is 3. The van der Waals surface area contributed by atoms with Gasteiger partial charge < -0.3 is 9.67 Å². The predicted molar refractivity (Wildman–Crippen MR) is 131 cm³/mol. The van der Waals surface area contributed by atoms with E-state index in [2.05, 4.69) is 4.90 Å². The first-order chi connectivity index (χ1) is 17.2. The second-order valence-corrected chi connectivity index (χ2v) is 13.0. The molecule has 1 unspecified atom stereocenters. The first kappa shape index (κ1) is 26.4. The molecule has 1 saturated heterocycles. The van der Waals surface area contributed by atoms with Gasteiger partial charge in [-0.3, -0.25) is 14.6 Å². The average molecular weight is 540 g/mol. The van der Waals surface area contributed by atoms with Crippen LogP contribution in [0.15, 0.2) is 41.3 Å². The molecule has 1 aromatic heterocycles. The SMILES string of the molecule is C[C@H]1Cn2c(C(=O)C(F)(F)F)ccc2C2(CCN(C(C)(O)c3ccc(S(=O)(=O)C4CC4)cc3)CC2)N1C. The van der Waals surface area contributed by atoms with Gasteiger partial charge in [0, 0.05) is 31.4 Å². The summed E-state index contributed by atoms with van der Waals surface area (Å²) in [5, 5.41) is 11.2. The molecule has 2 fully saturated rings. The topological polar surface area (TPSA) is 82.8 Å². The van der Waals surface area contributed by atoms with E-state index in [0.717, 1.165) is 0 Å². The van der Waals surface area contributed by atoms with E-state index < -0.39 is 33.1 Å². The van der Waals surface area contributed by atoms with Crippen LogP contribution in [0.3, 0.4) is 0 Å². The first-order valence-corrected chi connectivity index (χ1v) is 14.1. The van der Waals surface area contributed by atoms with Gasteiger partial charge in [0.15, 0.2) is 9.84 Å². The molecule has 37 heavy (non-hydrogen) atoms. The van der Waals surface area contributed by atoms with Crippen molar-refractivity contribution in [3.05, 3.63) is 53.3 Å². The highest BCUT2D eigenvalue weighted by atomic mass is 32.2. The van der Waals surface area contributed by atoms with Crippen LogP contribution in [0.4, 0.5) is 13.2 Å². The fourth-order valence-corrected chi connectivity index (χ4v) is 7.69. The van der Waals surface area contributed by atoms with Crippen molar-refractivity contribution in [3.8, 4) is 0 Å². The number of carbonyl (C=O) groups excluding carboxylic acids is 1. The number of carbonyl (C=O) groups is 1. The molecule has 0 radical (unpaired) electrons. The molecular formula is C26H32F3N3O4S. The minimum absolute atomic E-state index is 0.0901. The van der Waals surface area contributed by atoms with Crippen LogP contribution in [0.5, 0.6) is 0 Å². The number of piperidine rings is 1. The van der Waals surface area contributed by atoms with Crippen molar-refractivity contribution >= 4 is 15.6 Å². The summed E-state index contributed by atoms with van der Waals surface area (Å²) in [6.45, 7) is 4.81. The third-order valence-electron chi connectivity index (χ3n) is 8.63. The van der Waals surface area contributed by atoms with E-state index in [9.17, 15) is 31.5 Å². The molecule has 2 atom stereocenters. The fourth-order valence-electron chi connectivity index (χ4n) is 6.04. The number of sulfone groups is 1. The van der Waals surface area contributed by atoms with Crippen molar-refractivity contribution < 1.29 is 31.5 Å². The number of rotatable bonds is 5. The molecular weight excluding hydrogens is 507 g/mol. The van der Waals surface area contributed by atoms with E-state index >= 15 is 0 Å². The maximum absolute atomic E-state index is 13.2. The number of halogens is 3. The van der Waals surface area contributed by atoms with Gasteiger partial charge in [0.1, 0.15) is 5.72 Å². The van der Waals surface area contributed by atoms with Gasteiger partial charge >= 0.3 is 6.18 Å². The van der Waals surface area contributed by atoms with E-state index in [0.29, 0.717) is 50.0 Å². The number of ketones is 1. The minimum atomic E-state index is -4.94. The highest BCUT2D eigenvalue weighted by Crippen LogP contribution is 2.45. The van der Waals surface area contributed by atoms with Crippen LogP contribution in [-0.2, 0) is 27.6 Å². The molecule has 1 saturated carbocycles. The Labute approximate surface area is 214 Å². The zero-order valence-electron chi connectivity index (χ0n) is 21.1. The molecule has 1 N–H and O–H groups in total. The number of Topliss-reactive ketones (excluding diaryl/α,β-unsaturated/α-hetero) is 1. The summed E-state index contributed by atoms with van der Waals surface area (Å²) in [7, 11) is -1.36. The fraction of sp³-hybridized carbons (Fsp3) is 0.577. The van der Waals surface area contributed by atoms with Gasteiger partial charge in [0.25, 0.3) is 5.78 Å². The summed E-state index contributed by atoms with van der Waals surface area (Å²) < 4.78 is 66.2. The smallest absolute Gasteiger partial charge is 0.372 e. The highest BCUT2D eigenvalue weighted by molar-refractivity contribution is 7.92. The van der Waals surface area contributed by atoms with Crippen LogP contribution in [0.1, 0.15) is 61.3 Å². The van der Waals surface area contributed by atoms with Gasteiger partial charge in [-0.25, -0.2) is 8.42 Å². The molecule has 202 valence electrons. The molecule has 1 aliphatic carbocycles. The highest BCUT2D eigenvalue weighted by Gasteiger charge is 2.50. The normalized spacial score (nSPS) is 24.6. The van der Waals surface area contributed by atoms with E-state index in [1.165, 1.54) is 10.6 Å². The number of alkyl halides is 3. The molecule has 1 aromatic carbocycles. The van der Waals surface area contributed by atoms with Crippen LogP contribution in [0, 0.1) is 0 Å². The third-order valence-corrected chi connectivity index (χ3v) is 10.9. The summed E-state index contributed by atoms with van der Waals surface area (Å²) in [6, 6.07) is 9.21. The van der Waals surface area contributed by atoms with Gasteiger partial charge in [-0.05, 0) is 76.4 Å². The van der Waals surface area contributed by atoms with Gasteiger partial charge in [0.2, 0.25) is 0 Å². The van der Waals surface area contributed by atoms with Crippen molar-refractivity contribution in [1.29, 1.82) is 0 Å². The number of hydrogen-bond donors (Lipinski definition) is 1. The lowest BCUT2D eigenvalue weighted by atomic mass is 9.79. The van der Waals surface area contributed by atoms with Crippen molar-refractivity contribution in [3.63, 3.8) is 0 Å². The second-order valence-electron chi connectivity index (χ2n) is 10.8. The molecule has 7 nitrogen and oxygen atoms in total. The van der Waals surface area contributed by atoms with Crippen molar-refractivity contribution in [2.24, 2.45) is 0 Å². The summed E-state index contributed by atoms with van der Waals surface area (Å²) in [5.41, 5.74) is -1.00. The maximum atomic E-state index is 13.2. The molecule has 2 aliphatic heterocycles. The zero-order valence-corrected chi connectivity index (χ0v) is 21.9. The Morgan fingerprint density at radius 1 is 1.05 bits per heavy atom. The molecule has 2 aromatic rings. The number of likely N-dealkylation sites (N-methyl/N-ethyl adjacent to an activating group) is 1. The number of benzene rings is 1. The molecule has 5 rings (SSSR count). The Morgan fingerprint density at radius 3 is 2.19 bits per heavy atom. The molecule has 3 heterocycles. The predicted octanol–water partition coefficient (Wildman–Crippen LogP) is 3.66. The number of hydrogen-bond acceptors (Lipinski definition) is 6. The summed E-state index contributed by atoms with van der Waals surface area (Å²) in [4.78, 5) is 16.4. The van der Waals surface area contributed by atoms with E-state index in [1.807, 2.05) is 18.9 Å². The summed E-state index contributed by atoms with van der Waals surface area (Å²) >= 11 is 0. The van der Waals surface area contributed by atoms with Crippen molar-refractivity contribution in [1.82, 2.24) is 14.4 Å². The Balaban J connectivity index is 1.39. The Kier molecular flexibility index (Phi) is 6.18. The van der Waals surface area contributed by atoms with Crippen molar-refractivity contribution in [2.75, 3.05) is 20.1 Å². The standard InChI is InChI=1S/C26H32F3N3O4S/c1-17-16-32-21(23(33)26(27,28)29)10-11-22(32)25(30(17)3)12-14-31(15-13-25)24(2,34)18-4-6-19(7-5-18)37(35,36)20-8-9-20/h4-7,10-11,17,20,34H,8-9,12-16H2,1-3H3/t17-,24?/m0/s1. The lowest BCUT2D eigenvalue weighted by Crippen LogP contribution is -2.61. The van der Waals surface area contributed by atoms with Crippen LogP contribution >= 0.6 is 0 Å². The third kappa shape index (κ3) is 4.24. The lowest BCUT2D eigenvalue weighted by molar-refractivity contribution is -0.134. The summed E-state index contributed by atoms with van der Waals surface area (Å²) in [5.74, 6) is -1.84. The minimum Gasteiger partial charge on any atom is -0.372 e. The van der Waals surface area contributed by atoms with E-state index in [4.69, 9.17) is 0 Å². The van der Waals surface area contributed by atoms with Crippen LogP contribution in [0.2, 0.25) is 0 Å². The molecule has 0 bridgehead atoms. The monoisotopic (exact) mass is 539 g/mol. The molecule has 0 amide bonds. The quantitative estimate of drug-likeness (QED) is 0.584. The maximum Gasteiger partial charge on any atom is 0.456 e. The number of aliphatic hydroxyl groups is 1. The number of aromatic nitrogens is 1. The van der Waals surface area contributed by atoms with Crippen LogP contribution in [-0.4, -0.2) is 71.3 Å². The van der Waals surface area contributed by atoms with E-state index in [1.54, 1.807) is 37.3 Å². The first-order valence-electron chi connectivity index (χ1n) is 12.6. The number of fused-ring (bicyclic) bond motifs is 2.